The Bertz CT molecular complexity index is 1050. The second kappa shape index (κ2) is 8.15. The maximum Gasteiger partial charge on any atom is 0.309 e. The second-order valence-corrected chi connectivity index (χ2v) is 8.25. The number of aromatic nitrogens is 3. The van der Waals surface area contributed by atoms with Gasteiger partial charge in [0.15, 0.2) is 6.10 Å². The lowest BCUT2D eigenvalue weighted by Crippen LogP contribution is -2.20. The van der Waals surface area contributed by atoms with E-state index in [1.54, 1.807) is 4.68 Å². The number of halogens is 1. The fraction of sp³-hybridized carbons (Fsp3) is 0.435. The van der Waals surface area contributed by atoms with Crippen molar-refractivity contribution in [1.82, 2.24) is 15.0 Å². The van der Waals surface area contributed by atoms with Crippen LogP contribution in [0.1, 0.15) is 59.6 Å². The van der Waals surface area contributed by atoms with E-state index in [1.165, 1.54) is 0 Å². The number of hydrogen-bond donors (Lipinski definition) is 0. The Kier molecular flexibility index (Phi) is 5.59. The molecule has 4 rings (SSSR count). The monoisotopic (exact) mass is 411 g/mol. The molecular weight excluding hydrogens is 386 g/mol. The van der Waals surface area contributed by atoms with E-state index in [0.717, 1.165) is 64.5 Å². The summed E-state index contributed by atoms with van der Waals surface area (Å²) in [4.78, 5) is 12.9. The lowest BCUT2D eigenvalue weighted by Gasteiger charge is -2.23. The quantitative estimate of drug-likeness (QED) is 0.430. The molecule has 0 spiro atoms. The first-order valence-corrected chi connectivity index (χ1v) is 10.7. The molecular formula is C23H26ClN3O2. The molecule has 0 bridgehead atoms. The van der Waals surface area contributed by atoms with Gasteiger partial charge in [0.25, 0.3) is 0 Å². The Hall–Kier alpha value is -2.40. The summed E-state index contributed by atoms with van der Waals surface area (Å²) >= 11 is 6.15. The van der Waals surface area contributed by atoms with Crippen molar-refractivity contribution < 1.29 is 9.53 Å². The summed E-state index contributed by atoms with van der Waals surface area (Å²) in [6.45, 7) is 4.05. The predicted octanol–water partition coefficient (Wildman–Crippen LogP) is 5.15. The summed E-state index contributed by atoms with van der Waals surface area (Å²) in [5.74, 6) is 0.306. The minimum atomic E-state index is -0.489. The largest absolute Gasteiger partial charge is 0.452 e. The summed E-state index contributed by atoms with van der Waals surface area (Å²) in [5.41, 5.74) is 6.81. The fourth-order valence-electron chi connectivity index (χ4n) is 4.22. The van der Waals surface area contributed by atoms with Crippen LogP contribution in [0.3, 0.4) is 0 Å². The number of nitrogens with zero attached hydrogens (tertiary/aromatic N) is 3. The molecule has 1 unspecified atom stereocenters. The maximum atomic E-state index is 12.9. The standard InChI is InChI=1S/C23H26ClN3O2/c1-14-8-9-17(12-18(14)13-24)22(29-23(28)16-6-4-5-7-16)19-10-11-20-21(15(19)2)25-26-27(20)3/h8-12,16,22H,4-7,13H2,1-3H3. The third-order valence-corrected chi connectivity index (χ3v) is 6.39. The number of alkyl halides is 1. The van der Waals surface area contributed by atoms with E-state index >= 15 is 0 Å². The topological polar surface area (TPSA) is 57.0 Å². The van der Waals surface area contributed by atoms with Crippen LogP contribution in [0.2, 0.25) is 0 Å². The molecule has 1 fully saturated rings. The molecule has 1 aliphatic carbocycles. The Balaban J connectivity index is 1.79. The number of fused-ring (bicyclic) bond motifs is 1. The lowest BCUT2D eigenvalue weighted by molar-refractivity contribution is -0.152. The van der Waals surface area contributed by atoms with Crippen molar-refractivity contribution in [1.29, 1.82) is 0 Å². The Morgan fingerprint density at radius 1 is 1.24 bits per heavy atom. The number of rotatable bonds is 5. The van der Waals surface area contributed by atoms with E-state index in [0.29, 0.717) is 5.88 Å². The smallest absolute Gasteiger partial charge is 0.309 e. The molecule has 1 aromatic heterocycles. The highest BCUT2D eigenvalue weighted by molar-refractivity contribution is 6.17. The van der Waals surface area contributed by atoms with Crippen LogP contribution in [-0.2, 0) is 22.5 Å². The van der Waals surface area contributed by atoms with Crippen LogP contribution in [0.25, 0.3) is 11.0 Å². The van der Waals surface area contributed by atoms with Crippen molar-refractivity contribution in [3.63, 3.8) is 0 Å². The molecule has 3 aromatic rings. The van der Waals surface area contributed by atoms with E-state index in [-0.39, 0.29) is 11.9 Å². The van der Waals surface area contributed by atoms with Crippen molar-refractivity contribution >= 4 is 28.6 Å². The van der Waals surface area contributed by atoms with Crippen molar-refractivity contribution in [2.24, 2.45) is 13.0 Å². The summed E-state index contributed by atoms with van der Waals surface area (Å²) in [6, 6.07) is 10.1. The minimum Gasteiger partial charge on any atom is -0.452 e. The van der Waals surface area contributed by atoms with Gasteiger partial charge in [-0.3, -0.25) is 4.79 Å². The first-order chi connectivity index (χ1) is 14.0. The molecule has 2 aromatic carbocycles. The summed E-state index contributed by atoms with van der Waals surface area (Å²) in [6.07, 6.45) is 3.52. The second-order valence-electron chi connectivity index (χ2n) is 7.98. The van der Waals surface area contributed by atoms with Crippen molar-refractivity contribution in [2.75, 3.05) is 0 Å². The zero-order valence-electron chi connectivity index (χ0n) is 17.1. The molecule has 5 nitrogen and oxygen atoms in total. The first-order valence-electron chi connectivity index (χ1n) is 10.1. The highest BCUT2D eigenvalue weighted by Gasteiger charge is 2.29. The Morgan fingerprint density at radius 3 is 2.72 bits per heavy atom. The van der Waals surface area contributed by atoms with Gasteiger partial charge in [0.2, 0.25) is 0 Å². The number of hydrogen-bond acceptors (Lipinski definition) is 4. The van der Waals surface area contributed by atoms with Gasteiger partial charge in [0.1, 0.15) is 5.52 Å². The Morgan fingerprint density at radius 2 is 2.00 bits per heavy atom. The van der Waals surface area contributed by atoms with E-state index in [9.17, 15) is 4.79 Å². The van der Waals surface area contributed by atoms with Gasteiger partial charge < -0.3 is 4.74 Å². The van der Waals surface area contributed by atoms with Gasteiger partial charge in [-0.15, -0.1) is 16.7 Å². The van der Waals surface area contributed by atoms with Gasteiger partial charge in [-0.1, -0.05) is 42.3 Å². The van der Waals surface area contributed by atoms with Crippen LogP contribution in [-0.4, -0.2) is 21.0 Å². The van der Waals surface area contributed by atoms with Gasteiger partial charge in [-0.2, -0.15) is 0 Å². The van der Waals surface area contributed by atoms with Gasteiger partial charge in [0, 0.05) is 18.5 Å². The van der Waals surface area contributed by atoms with Crippen molar-refractivity contribution in [3.05, 3.63) is 58.1 Å². The molecule has 152 valence electrons. The third kappa shape index (κ3) is 3.76. The van der Waals surface area contributed by atoms with Gasteiger partial charge >= 0.3 is 5.97 Å². The van der Waals surface area contributed by atoms with E-state index in [4.69, 9.17) is 16.3 Å². The summed E-state index contributed by atoms with van der Waals surface area (Å²) < 4.78 is 7.90. The zero-order valence-corrected chi connectivity index (χ0v) is 17.9. The molecule has 0 saturated heterocycles. The third-order valence-electron chi connectivity index (χ3n) is 6.10. The SMILES string of the molecule is Cc1ccc(C(OC(=O)C2CCCC2)c2ccc3c(nnn3C)c2C)cc1CCl. The van der Waals surface area contributed by atoms with E-state index in [1.807, 2.05) is 45.2 Å². The minimum absolute atomic E-state index is 0.00370. The van der Waals surface area contributed by atoms with Crippen molar-refractivity contribution in [2.45, 2.75) is 51.5 Å². The molecule has 0 radical (unpaired) electrons. The number of ether oxygens (including phenoxy) is 1. The van der Waals surface area contributed by atoms with Crippen LogP contribution < -0.4 is 0 Å². The highest BCUT2D eigenvalue weighted by atomic mass is 35.5. The number of aryl methyl sites for hydroxylation is 3. The number of benzene rings is 2. The Labute approximate surface area is 176 Å². The van der Waals surface area contributed by atoms with E-state index < -0.39 is 6.10 Å². The number of esters is 1. The van der Waals surface area contributed by atoms with Crippen LogP contribution >= 0.6 is 11.6 Å². The molecule has 0 N–H and O–H groups in total. The average molecular weight is 412 g/mol. The normalized spacial score (nSPS) is 15.7. The van der Waals surface area contributed by atoms with Crippen LogP contribution in [0.15, 0.2) is 30.3 Å². The molecule has 0 amide bonds. The van der Waals surface area contributed by atoms with E-state index in [2.05, 4.69) is 16.4 Å². The average Bonchev–Trinajstić information content (AvgIpc) is 3.38. The first kappa shape index (κ1) is 19.9. The molecule has 1 saturated carbocycles. The summed E-state index contributed by atoms with van der Waals surface area (Å²) in [7, 11) is 1.87. The highest BCUT2D eigenvalue weighted by Crippen LogP contribution is 2.35. The zero-order chi connectivity index (χ0) is 20.5. The van der Waals surface area contributed by atoms with Crippen LogP contribution in [0, 0.1) is 19.8 Å². The summed E-state index contributed by atoms with van der Waals surface area (Å²) in [5, 5.41) is 8.44. The molecule has 0 aliphatic heterocycles. The fourth-order valence-corrected chi connectivity index (χ4v) is 4.50. The van der Waals surface area contributed by atoms with Gasteiger partial charge in [0.05, 0.1) is 11.4 Å². The lowest BCUT2D eigenvalue weighted by atomic mass is 9.94. The predicted molar refractivity (Wildman–Crippen MR) is 114 cm³/mol. The molecule has 29 heavy (non-hydrogen) atoms. The number of carbonyl (C=O) groups is 1. The maximum absolute atomic E-state index is 12.9. The number of carbonyl (C=O) groups excluding carboxylic acids is 1. The van der Waals surface area contributed by atoms with Crippen molar-refractivity contribution in [3.8, 4) is 0 Å². The molecule has 1 heterocycles. The molecule has 1 atom stereocenters. The molecule has 1 aliphatic rings. The molecule has 6 heteroatoms. The van der Waals surface area contributed by atoms with Crippen LogP contribution in [0.4, 0.5) is 0 Å². The van der Waals surface area contributed by atoms with Gasteiger partial charge in [-0.25, -0.2) is 4.68 Å². The van der Waals surface area contributed by atoms with Crippen LogP contribution in [0.5, 0.6) is 0 Å². The van der Waals surface area contributed by atoms with Gasteiger partial charge in [-0.05, 0) is 55.0 Å².